The van der Waals surface area contributed by atoms with Crippen molar-refractivity contribution in [1.82, 2.24) is 5.32 Å². The molecule has 0 aliphatic rings. The summed E-state index contributed by atoms with van der Waals surface area (Å²) < 4.78 is 0. The molecule has 0 aromatic rings. The van der Waals surface area contributed by atoms with Gasteiger partial charge in [-0.3, -0.25) is 4.79 Å². The van der Waals surface area contributed by atoms with E-state index in [2.05, 4.69) is 44.3 Å². The molecule has 0 heterocycles. The Kier molecular flexibility index (Phi) is 10.3. The second kappa shape index (κ2) is 11.2. The molecule has 2 nitrogen and oxygen atoms in total. The lowest BCUT2D eigenvalue weighted by Crippen LogP contribution is -2.25. The second-order valence-corrected chi connectivity index (χ2v) is 4.38. The third-order valence-corrected chi connectivity index (χ3v) is 2.08. The average Bonchev–Trinajstić information content (AvgIpc) is 2.30. The molecule has 0 saturated carbocycles. The van der Waals surface area contributed by atoms with Crippen LogP contribution >= 0.6 is 0 Å². The molecule has 0 saturated heterocycles. The van der Waals surface area contributed by atoms with Gasteiger partial charge >= 0.3 is 0 Å². The predicted molar refractivity (Wildman–Crippen MR) is 74.8 cm³/mol. The van der Waals surface area contributed by atoms with Gasteiger partial charge in [-0.2, -0.15) is 0 Å². The summed E-state index contributed by atoms with van der Waals surface area (Å²) >= 11 is 0. The van der Waals surface area contributed by atoms with Crippen molar-refractivity contribution in [1.29, 1.82) is 0 Å². The number of amides is 1. The van der Waals surface area contributed by atoms with Crippen LogP contribution in [-0.4, -0.2) is 12.5 Å². The maximum absolute atomic E-state index is 11.3. The topological polar surface area (TPSA) is 29.1 Å². The minimum absolute atomic E-state index is 0.0192. The molecule has 0 radical (unpaired) electrons. The van der Waals surface area contributed by atoms with Crippen LogP contribution in [0.5, 0.6) is 0 Å². The van der Waals surface area contributed by atoms with Gasteiger partial charge in [-0.15, -0.1) is 0 Å². The van der Waals surface area contributed by atoms with Gasteiger partial charge < -0.3 is 5.32 Å². The van der Waals surface area contributed by atoms with Crippen LogP contribution in [0.4, 0.5) is 0 Å². The fraction of sp³-hybridized carbons (Fsp3) is 0.533. The van der Waals surface area contributed by atoms with E-state index in [0.717, 1.165) is 25.8 Å². The SMILES string of the molecule is CCC=CCCC=CC=CC(=O)NCC(C)C. The van der Waals surface area contributed by atoms with Crippen molar-refractivity contribution in [3.05, 3.63) is 36.5 Å². The number of allylic oxidation sites excluding steroid dienone is 5. The summed E-state index contributed by atoms with van der Waals surface area (Å²) in [7, 11) is 0. The lowest BCUT2D eigenvalue weighted by atomic mass is 10.2. The molecular formula is C15H25NO. The zero-order valence-corrected chi connectivity index (χ0v) is 11.3. The first-order valence-electron chi connectivity index (χ1n) is 6.42. The highest BCUT2D eigenvalue weighted by molar-refractivity contribution is 5.87. The number of carbonyl (C=O) groups excluding carboxylic acids is 1. The molecule has 0 aliphatic heterocycles. The van der Waals surface area contributed by atoms with Crippen molar-refractivity contribution >= 4 is 5.91 Å². The Bertz CT molecular complexity index is 275. The van der Waals surface area contributed by atoms with E-state index in [4.69, 9.17) is 0 Å². The number of hydrogen-bond acceptors (Lipinski definition) is 1. The first-order valence-corrected chi connectivity index (χ1v) is 6.42. The maximum Gasteiger partial charge on any atom is 0.243 e. The summed E-state index contributed by atoms with van der Waals surface area (Å²) in [6.07, 6.45) is 14.9. The van der Waals surface area contributed by atoms with E-state index in [-0.39, 0.29) is 5.91 Å². The zero-order chi connectivity index (χ0) is 12.9. The Morgan fingerprint density at radius 3 is 2.47 bits per heavy atom. The minimum Gasteiger partial charge on any atom is -0.352 e. The van der Waals surface area contributed by atoms with Crippen molar-refractivity contribution < 1.29 is 4.79 Å². The van der Waals surface area contributed by atoms with Crippen molar-refractivity contribution in [2.45, 2.75) is 40.0 Å². The number of unbranched alkanes of at least 4 members (excludes halogenated alkanes) is 1. The van der Waals surface area contributed by atoms with Gasteiger partial charge in [0.1, 0.15) is 0 Å². The maximum atomic E-state index is 11.3. The van der Waals surface area contributed by atoms with E-state index in [0.29, 0.717) is 5.92 Å². The molecule has 96 valence electrons. The molecule has 17 heavy (non-hydrogen) atoms. The van der Waals surface area contributed by atoms with Crippen LogP contribution in [0.3, 0.4) is 0 Å². The van der Waals surface area contributed by atoms with Gasteiger partial charge in [0.2, 0.25) is 5.91 Å². The third-order valence-electron chi connectivity index (χ3n) is 2.08. The summed E-state index contributed by atoms with van der Waals surface area (Å²) in [5, 5.41) is 2.83. The van der Waals surface area contributed by atoms with E-state index in [1.54, 1.807) is 12.2 Å². The fourth-order valence-electron chi connectivity index (χ4n) is 1.16. The quantitative estimate of drug-likeness (QED) is 0.296. The van der Waals surface area contributed by atoms with Crippen molar-refractivity contribution in [3.63, 3.8) is 0 Å². The lowest BCUT2D eigenvalue weighted by molar-refractivity contribution is -0.116. The molecule has 0 aromatic carbocycles. The summed E-state index contributed by atoms with van der Waals surface area (Å²) in [6, 6.07) is 0. The van der Waals surface area contributed by atoms with Gasteiger partial charge in [-0.05, 0) is 25.2 Å². The first kappa shape index (κ1) is 15.7. The van der Waals surface area contributed by atoms with Gasteiger partial charge in [-0.25, -0.2) is 0 Å². The van der Waals surface area contributed by atoms with Gasteiger partial charge in [0.15, 0.2) is 0 Å². The van der Waals surface area contributed by atoms with Crippen molar-refractivity contribution in [3.8, 4) is 0 Å². The fourth-order valence-corrected chi connectivity index (χ4v) is 1.16. The first-order chi connectivity index (χ1) is 8.16. The molecule has 0 spiro atoms. The number of rotatable bonds is 8. The smallest absolute Gasteiger partial charge is 0.243 e. The molecule has 0 rings (SSSR count). The third kappa shape index (κ3) is 12.6. The molecule has 0 aromatic heterocycles. The highest BCUT2D eigenvalue weighted by Crippen LogP contribution is 1.94. The largest absolute Gasteiger partial charge is 0.352 e. The van der Waals surface area contributed by atoms with E-state index in [1.165, 1.54) is 0 Å². The minimum atomic E-state index is -0.0192. The Morgan fingerprint density at radius 2 is 1.82 bits per heavy atom. The normalized spacial score (nSPS) is 12.2. The van der Waals surface area contributed by atoms with E-state index in [1.807, 2.05) is 6.08 Å². The number of nitrogens with one attached hydrogen (secondary N) is 1. The number of hydrogen-bond donors (Lipinski definition) is 1. The molecule has 1 N–H and O–H groups in total. The van der Waals surface area contributed by atoms with Crippen LogP contribution in [0.2, 0.25) is 0 Å². The Hall–Kier alpha value is -1.31. The summed E-state index contributed by atoms with van der Waals surface area (Å²) in [4.78, 5) is 11.3. The van der Waals surface area contributed by atoms with Gasteiger partial charge in [0.25, 0.3) is 0 Å². The van der Waals surface area contributed by atoms with Crippen molar-refractivity contribution in [2.24, 2.45) is 5.92 Å². The lowest BCUT2D eigenvalue weighted by Gasteiger charge is -2.03. The molecule has 0 bridgehead atoms. The summed E-state index contributed by atoms with van der Waals surface area (Å²) in [6.45, 7) is 7.01. The van der Waals surface area contributed by atoms with Crippen LogP contribution in [0.15, 0.2) is 36.5 Å². The second-order valence-electron chi connectivity index (χ2n) is 4.38. The molecule has 0 fully saturated rings. The van der Waals surface area contributed by atoms with Crippen LogP contribution < -0.4 is 5.32 Å². The number of carbonyl (C=O) groups is 1. The van der Waals surface area contributed by atoms with E-state index >= 15 is 0 Å². The molecule has 0 aliphatic carbocycles. The Balaban J connectivity index is 3.60. The van der Waals surface area contributed by atoms with Gasteiger partial charge in [0.05, 0.1) is 0 Å². The highest BCUT2D eigenvalue weighted by atomic mass is 16.1. The average molecular weight is 235 g/mol. The van der Waals surface area contributed by atoms with Gasteiger partial charge in [0, 0.05) is 12.6 Å². The zero-order valence-electron chi connectivity index (χ0n) is 11.3. The van der Waals surface area contributed by atoms with Gasteiger partial charge in [-0.1, -0.05) is 51.2 Å². The van der Waals surface area contributed by atoms with Crippen LogP contribution in [-0.2, 0) is 4.79 Å². The monoisotopic (exact) mass is 235 g/mol. The molecule has 0 atom stereocenters. The molecule has 2 heteroatoms. The van der Waals surface area contributed by atoms with Crippen LogP contribution in [0.25, 0.3) is 0 Å². The van der Waals surface area contributed by atoms with Crippen LogP contribution in [0.1, 0.15) is 40.0 Å². The Morgan fingerprint density at radius 1 is 1.12 bits per heavy atom. The van der Waals surface area contributed by atoms with Crippen LogP contribution in [0, 0.1) is 5.92 Å². The highest BCUT2D eigenvalue weighted by Gasteiger charge is 1.95. The Labute approximate surface area is 105 Å². The van der Waals surface area contributed by atoms with E-state index in [9.17, 15) is 4.79 Å². The summed E-state index contributed by atoms with van der Waals surface area (Å²) in [5.74, 6) is 0.475. The van der Waals surface area contributed by atoms with Crippen molar-refractivity contribution in [2.75, 3.05) is 6.54 Å². The van der Waals surface area contributed by atoms with E-state index < -0.39 is 0 Å². The molecule has 0 unspecified atom stereocenters. The molecular weight excluding hydrogens is 210 g/mol. The molecule has 1 amide bonds. The predicted octanol–water partition coefficient (Wildman–Crippen LogP) is 3.62. The summed E-state index contributed by atoms with van der Waals surface area (Å²) in [5.41, 5.74) is 0. The standard InChI is InChI=1S/C15H25NO/c1-4-5-6-7-8-9-10-11-12-15(17)16-13-14(2)3/h5-6,9-12,14H,4,7-8,13H2,1-3H3,(H,16,17).